The monoisotopic (exact) mass is 307 g/mol. The van der Waals surface area contributed by atoms with Gasteiger partial charge in [-0.3, -0.25) is 4.79 Å². The lowest BCUT2D eigenvalue weighted by molar-refractivity contribution is 0.0912. The molecule has 2 rings (SSSR count). The van der Waals surface area contributed by atoms with Gasteiger partial charge >= 0.3 is 0 Å². The van der Waals surface area contributed by atoms with E-state index in [0.717, 1.165) is 5.56 Å². The van der Waals surface area contributed by atoms with Crippen LogP contribution in [0.15, 0.2) is 48.5 Å². The van der Waals surface area contributed by atoms with Gasteiger partial charge in [-0.05, 0) is 24.1 Å². The van der Waals surface area contributed by atoms with Crippen molar-refractivity contribution < 1.29 is 14.3 Å². The fraction of sp³-hybridized carbons (Fsp3) is 0.188. The SMILES string of the molecule is O=C(N[C@@H](CO)Cc1ccccc1)c1cccc(Cl)c1F. The van der Waals surface area contributed by atoms with E-state index >= 15 is 0 Å². The minimum absolute atomic E-state index is 0.105. The molecule has 1 atom stereocenters. The molecule has 0 saturated carbocycles. The van der Waals surface area contributed by atoms with Gasteiger partial charge in [0, 0.05) is 0 Å². The number of hydrogen-bond acceptors (Lipinski definition) is 2. The van der Waals surface area contributed by atoms with E-state index in [1.165, 1.54) is 18.2 Å². The quantitative estimate of drug-likeness (QED) is 0.892. The maximum Gasteiger partial charge on any atom is 0.254 e. The zero-order valence-electron chi connectivity index (χ0n) is 11.2. The fourth-order valence-electron chi connectivity index (χ4n) is 2.00. The zero-order valence-corrected chi connectivity index (χ0v) is 12.0. The number of rotatable bonds is 5. The minimum atomic E-state index is -0.756. The van der Waals surface area contributed by atoms with Gasteiger partial charge in [-0.25, -0.2) is 4.39 Å². The fourth-order valence-corrected chi connectivity index (χ4v) is 2.18. The first kappa shape index (κ1) is 15.5. The van der Waals surface area contributed by atoms with E-state index in [1.807, 2.05) is 30.3 Å². The summed E-state index contributed by atoms with van der Waals surface area (Å²) in [5.74, 6) is -1.35. The number of nitrogens with one attached hydrogen (secondary N) is 1. The van der Waals surface area contributed by atoms with E-state index in [0.29, 0.717) is 6.42 Å². The molecular weight excluding hydrogens is 293 g/mol. The van der Waals surface area contributed by atoms with Crippen LogP contribution < -0.4 is 5.32 Å². The summed E-state index contributed by atoms with van der Waals surface area (Å²) in [6.45, 7) is -0.233. The summed E-state index contributed by atoms with van der Waals surface area (Å²) in [4.78, 5) is 12.1. The first-order chi connectivity index (χ1) is 10.1. The smallest absolute Gasteiger partial charge is 0.254 e. The Balaban J connectivity index is 2.08. The Labute approximate surface area is 127 Å². The normalized spacial score (nSPS) is 12.0. The number of aliphatic hydroxyl groups excluding tert-OH is 1. The van der Waals surface area contributed by atoms with Crippen LogP contribution in [0.5, 0.6) is 0 Å². The third-order valence-electron chi connectivity index (χ3n) is 3.08. The van der Waals surface area contributed by atoms with Gasteiger partial charge in [0.15, 0.2) is 5.82 Å². The summed E-state index contributed by atoms with van der Waals surface area (Å²) >= 11 is 5.65. The molecule has 5 heteroatoms. The van der Waals surface area contributed by atoms with Gasteiger partial charge in [-0.2, -0.15) is 0 Å². The third-order valence-corrected chi connectivity index (χ3v) is 3.37. The van der Waals surface area contributed by atoms with Gasteiger partial charge in [0.25, 0.3) is 5.91 Å². The van der Waals surface area contributed by atoms with Crippen LogP contribution in [0.2, 0.25) is 5.02 Å². The van der Waals surface area contributed by atoms with Crippen molar-refractivity contribution >= 4 is 17.5 Å². The number of benzene rings is 2. The van der Waals surface area contributed by atoms with Gasteiger partial charge in [-0.15, -0.1) is 0 Å². The van der Waals surface area contributed by atoms with Crippen molar-refractivity contribution in [3.63, 3.8) is 0 Å². The summed E-state index contributed by atoms with van der Waals surface area (Å²) in [5, 5.41) is 11.9. The van der Waals surface area contributed by atoms with Crippen molar-refractivity contribution in [2.75, 3.05) is 6.61 Å². The molecular formula is C16H15ClFNO2. The van der Waals surface area contributed by atoms with Crippen molar-refractivity contribution in [2.45, 2.75) is 12.5 Å². The van der Waals surface area contributed by atoms with Crippen LogP contribution in [0.3, 0.4) is 0 Å². The number of amides is 1. The lowest BCUT2D eigenvalue weighted by Crippen LogP contribution is -2.39. The number of hydrogen-bond donors (Lipinski definition) is 2. The molecule has 21 heavy (non-hydrogen) atoms. The number of carbonyl (C=O) groups excluding carboxylic acids is 1. The van der Waals surface area contributed by atoms with Gasteiger partial charge in [-0.1, -0.05) is 48.0 Å². The second-order valence-electron chi connectivity index (χ2n) is 4.64. The van der Waals surface area contributed by atoms with Crippen LogP contribution in [-0.2, 0) is 6.42 Å². The summed E-state index contributed by atoms with van der Waals surface area (Å²) in [7, 11) is 0. The maximum atomic E-state index is 13.8. The first-order valence-corrected chi connectivity index (χ1v) is 6.89. The molecule has 1 amide bonds. The predicted octanol–water partition coefficient (Wildman–Crippen LogP) is 2.81. The molecule has 0 radical (unpaired) electrons. The van der Waals surface area contributed by atoms with Gasteiger partial charge < -0.3 is 10.4 Å². The van der Waals surface area contributed by atoms with Crippen LogP contribution >= 0.6 is 11.6 Å². The number of carbonyl (C=O) groups is 1. The van der Waals surface area contributed by atoms with Crippen LogP contribution in [0, 0.1) is 5.82 Å². The molecule has 0 spiro atoms. The molecule has 2 aromatic rings. The van der Waals surface area contributed by atoms with Crippen LogP contribution in [0.4, 0.5) is 4.39 Å². The topological polar surface area (TPSA) is 49.3 Å². The first-order valence-electron chi connectivity index (χ1n) is 6.51. The second kappa shape index (κ2) is 7.20. The molecule has 2 aromatic carbocycles. The van der Waals surface area contributed by atoms with Crippen molar-refractivity contribution in [2.24, 2.45) is 0 Å². The molecule has 0 fully saturated rings. The Kier molecular flexibility index (Phi) is 5.31. The molecule has 0 heterocycles. The summed E-state index contributed by atoms with van der Waals surface area (Å²) in [5.41, 5.74) is 0.845. The lowest BCUT2D eigenvalue weighted by atomic mass is 10.1. The van der Waals surface area contributed by atoms with Gasteiger partial charge in [0.1, 0.15) is 0 Å². The van der Waals surface area contributed by atoms with E-state index < -0.39 is 17.8 Å². The average molecular weight is 308 g/mol. The van der Waals surface area contributed by atoms with E-state index in [4.69, 9.17) is 11.6 Å². The average Bonchev–Trinajstić information content (AvgIpc) is 2.50. The van der Waals surface area contributed by atoms with E-state index in [9.17, 15) is 14.3 Å². The van der Waals surface area contributed by atoms with Crippen LogP contribution in [0.1, 0.15) is 15.9 Å². The van der Waals surface area contributed by atoms with E-state index in [1.54, 1.807) is 0 Å². The highest BCUT2D eigenvalue weighted by atomic mass is 35.5. The number of aliphatic hydroxyl groups is 1. The molecule has 0 aromatic heterocycles. The molecule has 110 valence electrons. The number of halogens is 2. The Morgan fingerprint density at radius 3 is 2.57 bits per heavy atom. The Morgan fingerprint density at radius 1 is 1.19 bits per heavy atom. The Hall–Kier alpha value is -1.91. The van der Waals surface area contributed by atoms with Crippen molar-refractivity contribution in [3.05, 3.63) is 70.5 Å². The molecule has 0 aliphatic rings. The predicted molar refractivity (Wildman–Crippen MR) is 79.9 cm³/mol. The maximum absolute atomic E-state index is 13.8. The van der Waals surface area contributed by atoms with Crippen molar-refractivity contribution in [3.8, 4) is 0 Å². The summed E-state index contributed by atoms with van der Waals surface area (Å²) in [6, 6.07) is 13.2. The second-order valence-corrected chi connectivity index (χ2v) is 5.05. The summed E-state index contributed by atoms with van der Waals surface area (Å²) < 4.78 is 13.8. The van der Waals surface area contributed by atoms with Crippen LogP contribution in [-0.4, -0.2) is 23.7 Å². The highest BCUT2D eigenvalue weighted by molar-refractivity contribution is 6.31. The molecule has 0 aliphatic carbocycles. The molecule has 0 unspecified atom stereocenters. The summed E-state index contributed by atoms with van der Waals surface area (Å²) in [6.07, 6.45) is 0.464. The van der Waals surface area contributed by atoms with Crippen molar-refractivity contribution in [1.29, 1.82) is 0 Å². The third kappa shape index (κ3) is 4.03. The van der Waals surface area contributed by atoms with E-state index in [2.05, 4.69) is 5.32 Å². The lowest BCUT2D eigenvalue weighted by Gasteiger charge is -2.17. The van der Waals surface area contributed by atoms with Gasteiger partial charge in [0.2, 0.25) is 0 Å². The van der Waals surface area contributed by atoms with Crippen LogP contribution in [0.25, 0.3) is 0 Å². The molecule has 0 saturated heterocycles. The molecule has 0 aliphatic heterocycles. The highest BCUT2D eigenvalue weighted by Gasteiger charge is 2.18. The minimum Gasteiger partial charge on any atom is -0.394 e. The highest BCUT2D eigenvalue weighted by Crippen LogP contribution is 2.18. The molecule has 3 nitrogen and oxygen atoms in total. The van der Waals surface area contributed by atoms with Crippen molar-refractivity contribution in [1.82, 2.24) is 5.32 Å². The Morgan fingerprint density at radius 2 is 1.90 bits per heavy atom. The largest absolute Gasteiger partial charge is 0.394 e. The Bertz CT molecular complexity index is 619. The molecule has 0 bridgehead atoms. The van der Waals surface area contributed by atoms with Gasteiger partial charge in [0.05, 0.1) is 23.2 Å². The zero-order chi connectivity index (χ0) is 15.2. The standard InChI is InChI=1S/C16H15ClFNO2/c17-14-8-4-7-13(15(14)18)16(21)19-12(10-20)9-11-5-2-1-3-6-11/h1-8,12,20H,9-10H2,(H,19,21)/t12-/m1/s1. The molecule has 2 N–H and O–H groups in total. The van der Waals surface area contributed by atoms with E-state index in [-0.39, 0.29) is 17.2 Å².